The fraction of sp³-hybridized carbons (Fsp3) is 0.792. The van der Waals surface area contributed by atoms with E-state index >= 15 is 0 Å². The van der Waals surface area contributed by atoms with Gasteiger partial charge in [0.25, 0.3) is 0 Å². The third kappa shape index (κ3) is 17.5. The molecular formula is C24H43NO6. The summed E-state index contributed by atoms with van der Waals surface area (Å²) in [5.74, 6) is -3.83. The predicted octanol–water partition coefficient (Wildman–Crippen LogP) is 4.82. The Kier molecular flexibility index (Phi) is 17.7. The first-order valence-corrected chi connectivity index (χ1v) is 11.9. The van der Waals surface area contributed by atoms with Crippen molar-refractivity contribution in [2.75, 3.05) is 6.54 Å². The van der Waals surface area contributed by atoms with Crippen molar-refractivity contribution in [2.45, 2.75) is 115 Å². The molecule has 0 radical (unpaired) electrons. The molecule has 4 N–H and O–H groups in total. The molecule has 1 unspecified atom stereocenters. The van der Waals surface area contributed by atoms with Crippen molar-refractivity contribution in [3.05, 3.63) is 12.2 Å². The van der Waals surface area contributed by atoms with E-state index < -0.39 is 36.3 Å². The number of carboxylic acid groups (broad SMARTS) is 2. The van der Waals surface area contributed by atoms with Crippen LogP contribution in [0, 0.1) is 0 Å². The Morgan fingerprint density at radius 2 is 1.23 bits per heavy atom. The summed E-state index contributed by atoms with van der Waals surface area (Å²) in [6.45, 7) is 2.63. The first kappa shape index (κ1) is 29.1. The van der Waals surface area contributed by atoms with Crippen LogP contribution in [0.15, 0.2) is 12.2 Å². The van der Waals surface area contributed by atoms with E-state index in [0.717, 1.165) is 32.1 Å². The number of hydrogen-bond acceptors (Lipinski definition) is 4. The molecule has 0 heterocycles. The van der Waals surface area contributed by atoms with Crippen molar-refractivity contribution in [3.8, 4) is 0 Å². The van der Waals surface area contributed by atoms with Crippen molar-refractivity contribution in [3.63, 3.8) is 0 Å². The normalized spacial score (nSPS) is 13.2. The molecule has 0 rings (SSSR count). The number of aliphatic hydroxyl groups is 1. The zero-order chi connectivity index (χ0) is 23.4. The summed E-state index contributed by atoms with van der Waals surface area (Å²) in [4.78, 5) is 33.5. The lowest BCUT2D eigenvalue weighted by Crippen LogP contribution is -2.45. The number of carboxylic acids is 2. The summed E-state index contributed by atoms with van der Waals surface area (Å²) in [7, 11) is 0. The topological polar surface area (TPSA) is 124 Å². The molecule has 0 aliphatic heterocycles. The van der Waals surface area contributed by atoms with Gasteiger partial charge < -0.3 is 20.6 Å². The third-order valence-corrected chi connectivity index (χ3v) is 5.31. The molecule has 1 atom stereocenters. The third-order valence-electron chi connectivity index (χ3n) is 5.31. The number of unbranched alkanes of at least 4 members (excludes halogenated alkanes) is 12. The molecular weight excluding hydrogens is 398 g/mol. The molecule has 0 spiro atoms. The Labute approximate surface area is 187 Å². The first-order valence-electron chi connectivity index (χ1n) is 11.9. The molecule has 0 aromatic heterocycles. The number of nitrogens with one attached hydrogen (secondary N) is 1. The number of hydrogen-bond donors (Lipinski definition) is 4. The van der Waals surface area contributed by atoms with Crippen molar-refractivity contribution in [1.82, 2.24) is 5.32 Å². The minimum absolute atomic E-state index is 0.392. The van der Waals surface area contributed by atoms with Gasteiger partial charge in [0.05, 0.1) is 12.8 Å². The molecule has 0 aliphatic rings. The molecule has 0 fully saturated rings. The Hall–Kier alpha value is -1.89. The highest BCUT2D eigenvalue weighted by molar-refractivity contribution is 5.90. The van der Waals surface area contributed by atoms with Gasteiger partial charge in [0.15, 0.2) is 5.60 Å². The van der Waals surface area contributed by atoms with Gasteiger partial charge in [-0.2, -0.15) is 0 Å². The standard InChI is InChI=1S/C24H43NO6/c1-2-3-4-5-6-7-8-9-10-11-12-13-14-15-16-17-18-25-21(26)19-24(31,23(29)30)20-22(27)28/h9-10,31H,2-8,11-20H2,1H3,(H,25,26)(H,27,28)(H,29,30)/b10-9-. The van der Waals surface area contributed by atoms with Crippen LogP contribution < -0.4 is 5.32 Å². The molecule has 0 aliphatic carbocycles. The first-order chi connectivity index (χ1) is 14.8. The maximum atomic E-state index is 11.8. The van der Waals surface area contributed by atoms with Crippen LogP contribution >= 0.6 is 0 Å². The van der Waals surface area contributed by atoms with Crippen LogP contribution in [0.3, 0.4) is 0 Å². The summed E-state index contributed by atoms with van der Waals surface area (Å²) >= 11 is 0. The zero-order valence-electron chi connectivity index (χ0n) is 19.2. The second kappa shape index (κ2) is 18.8. The lowest BCUT2D eigenvalue weighted by Gasteiger charge is -2.20. The summed E-state index contributed by atoms with van der Waals surface area (Å²) in [6, 6.07) is 0. The van der Waals surface area contributed by atoms with E-state index in [1.165, 1.54) is 57.8 Å². The summed E-state index contributed by atoms with van der Waals surface area (Å²) < 4.78 is 0. The van der Waals surface area contributed by atoms with Gasteiger partial charge in [-0.15, -0.1) is 0 Å². The highest BCUT2D eigenvalue weighted by Gasteiger charge is 2.40. The molecule has 31 heavy (non-hydrogen) atoms. The summed E-state index contributed by atoms with van der Waals surface area (Å²) in [5, 5.41) is 30.0. The van der Waals surface area contributed by atoms with Crippen LogP contribution in [0.1, 0.15) is 110 Å². The highest BCUT2D eigenvalue weighted by Crippen LogP contribution is 2.16. The second-order valence-electron chi connectivity index (χ2n) is 8.37. The van der Waals surface area contributed by atoms with Gasteiger partial charge in [-0.3, -0.25) is 9.59 Å². The Morgan fingerprint density at radius 3 is 1.71 bits per heavy atom. The van der Waals surface area contributed by atoms with Crippen molar-refractivity contribution in [2.24, 2.45) is 0 Å². The van der Waals surface area contributed by atoms with Gasteiger partial charge in [-0.1, -0.05) is 76.9 Å². The van der Waals surface area contributed by atoms with E-state index in [1.807, 2.05) is 0 Å². The summed E-state index contributed by atoms with van der Waals surface area (Å²) in [5.41, 5.74) is -2.57. The Morgan fingerprint density at radius 1 is 0.742 bits per heavy atom. The van der Waals surface area contributed by atoms with Crippen LogP contribution in [-0.2, 0) is 14.4 Å². The van der Waals surface area contributed by atoms with Crippen LogP contribution in [0.25, 0.3) is 0 Å². The molecule has 0 aromatic rings. The van der Waals surface area contributed by atoms with Gasteiger partial charge in [0.2, 0.25) is 5.91 Å². The quantitative estimate of drug-likeness (QED) is 0.149. The summed E-state index contributed by atoms with van der Waals surface area (Å²) in [6.07, 6.45) is 19.5. The van der Waals surface area contributed by atoms with Crippen LogP contribution in [0.2, 0.25) is 0 Å². The molecule has 1 amide bonds. The van der Waals surface area contributed by atoms with E-state index in [4.69, 9.17) is 10.2 Å². The fourth-order valence-corrected chi connectivity index (χ4v) is 3.39. The second-order valence-corrected chi connectivity index (χ2v) is 8.37. The molecule has 7 heteroatoms. The number of rotatable bonds is 21. The smallest absolute Gasteiger partial charge is 0.336 e. The van der Waals surface area contributed by atoms with Crippen LogP contribution in [0.4, 0.5) is 0 Å². The minimum atomic E-state index is -2.57. The van der Waals surface area contributed by atoms with Gasteiger partial charge in [-0.25, -0.2) is 4.79 Å². The SMILES string of the molecule is CCCCCCCC/C=C\CCCCCCCCNC(=O)CC(O)(CC(=O)O)C(=O)O. The highest BCUT2D eigenvalue weighted by atomic mass is 16.4. The maximum absolute atomic E-state index is 11.8. The predicted molar refractivity (Wildman–Crippen MR) is 122 cm³/mol. The van der Waals surface area contributed by atoms with E-state index in [-0.39, 0.29) is 0 Å². The molecule has 7 nitrogen and oxygen atoms in total. The monoisotopic (exact) mass is 441 g/mol. The van der Waals surface area contributed by atoms with E-state index in [2.05, 4.69) is 24.4 Å². The van der Waals surface area contributed by atoms with Crippen molar-refractivity contribution >= 4 is 17.8 Å². The lowest BCUT2D eigenvalue weighted by atomic mass is 9.95. The number of aliphatic carboxylic acids is 2. The fourth-order valence-electron chi connectivity index (χ4n) is 3.39. The largest absolute Gasteiger partial charge is 0.481 e. The van der Waals surface area contributed by atoms with Gasteiger partial charge in [0.1, 0.15) is 0 Å². The van der Waals surface area contributed by atoms with Crippen molar-refractivity contribution < 1.29 is 29.7 Å². The van der Waals surface area contributed by atoms with Gasteiger partial charge in [0, 0.05) is 6.54 Å². The molecule has 180 valence electrons. The minimum Gasteiger partial charge on any atom is -0.481 e. The number of carbonyl (C=O) groups is 3. The number of allylic oxidation sites excluding steroid dienone is 2. The van der Waals surface area contributed by atoms with Crippen LogP contribution in [-0.4, -0.2) is 45.3 Å². The lowest BCUT2D eigenvalue weighted by molar-refractivity contribution is -0.167. The average Bonchev–Trinajstić information content (AvgIpc) is 2.69. The molecule has 0 saturated heterocycles. The molecule has 0 saturated carbocycles. The van der Waals surface area contributed by atoms with Gasteiger partial charge >= 0.3 is 11.9 Å². The van der Waals surface area contributed by atoms with Crippen LogP contribution in [0.5, 0.6) is 0 Å². The molecule has 0 aromatic carbocycles. The van der Waals surface area contributed by atoms with E-state index in [0.29, 0.717) is 6.54 Å². The Bertz CT molecular complexity index is 534. The zero-order valence-corrected chi connectivity index (χ0v) is 19.2. The maximum Gasteiger partial charge on any atom is 0.336 e. The van der Waals surface area contributed by atoms with E-state index in [1.54, 1.807) is 0 Å². The van der Waals surface area contributed by atoms with Crippen molar-refractivity contribution in [1.29, 1.82) is 0 Å². The number of amides is 1. The number of carbonyl (C=O) groups excluding carboxylic acids is 1. The average molecular weight is 442 g/mol. The van der Waals surface area contributed by atoms with Gasteiger partial charge in [-0.05, 0) is 32.1 Å². The van der Waals surface area contributed by atoms with E-state index in [9.17, 15) is 19.5 Å². The molecule has 0 bridgehead atoms. The Balaban J connectivity index is 3.57.